The second-order valence-corrected chi connectivity index (χ2v) is 5.46. The number of hydrogen-bond donors (Lipinski definition) is 0. The van der Waals surface area contributed by atoms with Crippen molar-refractivity contribution in [2.45, 2.75) is 53.4 Å². The Hall–Kier alpha value is -0.480. The Labute approximate surface area is 103 Å². The molecule has 0 saturated heterocycles. The highest BCUT2D eigenvalue weighted by Gasteiger charge is 1.97. The highest BCUT2D eigenvalue weighted by atomic mass is 15.1. The zero-order valence-corrected chi connectivity index (χ0v) is 11.8. The van der Waals surface area contributed by atoms with Crippen molar-refractivity contribution in [2.75, 3.05) is 20.1 Å². The molecule has 0 fully saturated rings. The predicted octanol–water partition coefficient (Wildman–Crippen LogP) is 3.79. The molecule has 0 rings (SSSR count). The van der Waals surface area contributed by atoms with Crippen LogP contribution in [-0.4, -0.2) is 25.0 Å². The van der Waals surface area contributed by atoms with Gasteiger partial charge in [0, 0.05) is 5.92 Å². The van der Waals surface area contributed by atoms with Crippen molar-refractivity contribution in [2.24, 2.45) is 11.8 Å². The molecule has 1 nitrogen and oxygen atoms in total. The molecule has 0 amide bonds. The van der Waals surface area contributed by atoms with Crippen LogP contribution in [0.1, 0.15) is 53.4 Å². The van der Waals surface area contributed by atoms with E-state index in [1.54, 1.807) is 0 Å². The molecule has 1 heteroatoms. The highest BCUT2D eigenvalue weighted by molar-refractivity contribution is 5.02. The van der Waals surface area contributed by atoms with Gasteiger partial charge in [0.15, 0.2) is 0 Å². The van der Waals surface area contributed by atoms with Crippen molar-refractivity contribution < 1.29 is 0 Å². The Balaban J connectivity index is 3.38. The Morgan fingerprint density at radius 3 is 2.25 bits per heavy atom. The van der Waals surface area contributed by atoms with Gasteiger partial charge in [-0.25, -0.2) is 0 Å². The fraction of sp³-hybridized carbons (Fsp3) is 0.867. The van der Waals surface area contributed by atoms with Crippen LogP contribution >= 0.6 is 0 Å². The molecule has 0 aliphatic heterocycles. The van der Waals surface area contributed by atoms with Crippen molar-refractivity contribution in [3.05, 3.63) is 0 Å². The first-order valence-electron chi connectivity index (χ1n) is 6.69. The topological polar surface area (TPSA) is 3.24 Å². The van der Waals surface area contributed by atoms with Crippen LogP contribution in [-0.2, 0) is 0 Å². The average molecular weight is 223 g/mol. The largest absolute Gasteiger partial charge is 0.295 e. The first-order valence-corrected chi connectivity index (χ1v) is 6.69. The smallest absolute Gasteiger partial charge is 0.0599 e. The van der Waals surface area contributed by atoms with Gasteiger partial charge in [-0.1, -0.05) is 58.8 Å². The molecule has 0 N–H and O–H groups in total. The fourth-order valence-corrected chi connectivity index (χ4v) is 1.57. The maximum atomic E-state index is 3.22. The summed E-state index contributed by atoms with van der Waals surface area (Å²) in [5.41, 5.74) is 0. The summed E-state index contributed by atoms with van der Waals surface area (Å²) >= 11 is 0. The first kappa shape index (κ1) is 15.5. The minimum absolute atomic E-state index is 0.499. The van der Waals surface area contributed by atoms with Gasteiger partial charge in [-0.05, 0) is 25.9 Å². The van der Waals surface area contributed by atoms with Gasteiger partial charge < -0.3 is 0 Å². The predicted molar refractivity (Wildman–Crippen MR) is 73.4 cm³/mol. The van der Waals surface area contributed by atoms with Crippen molar-refractivity contribution in [3.63, 3.8) is 0 Å². The molecule has 0 aromatic heterocycles. The van der Waals surface area contributed by atoms with E-state index < -0.39 is 0 Å². The highest BCUT2D eigenvalue weighted by Crippen LogP contribution is 2.08. The summed E-state index contributed by atoms with van der Waals surface area (Å²) < 4.78 is 0. The molecular weight excluding hydrogens is 194 g/mol. The van der Waals surface area contributed by atoms with E-state index in [2.05, 4.69) is 51.5 Å². The lowest BCUT2D eigenvalue weighted by Gasteiger charge is -2.13. The molecule has 0 aromatic carbocycles. The summed E-state index contributed by atoms with van der Waals surface area (Å²) in [6, 6.07) is 0. The molecule has 0 saturated carbocycles. The lowest BCUT2D eigenvalue weighted by atomic mass is 10.1. The number of rotatable bonds is 7. The number of unbranched alkanes of at least 4 members (excludes halogenated alkanes) is 2. The summed E-state index contributed by atoms with van der Waals surface area (Å²) in [4.78, 5) is 2.32. The normalized spacial score (nSPS) is 11.0. The van der Waals surface area contributed by atoms with E-state index in [4.69, 9.17) is 0 Å². The standard InChI is InChI=1S/C15H29N/c1-14(2)10-7-6-8-12-16(5)13-9-11-15(3)4/h14-15H,6-8,10,12-13H2,1-5H3. The monoisotopic (exact) mass is 223 g/mol. The van der Waals surface area contributed by atoms with Crippen molar-refractivity contribution in [1.82, 2.24) is 4.90 Å². The third-order valence-electron chi connectivity index (χ3n) is 2.56. The second-order valence-electron chi connectivity index (χ2n) is 5.46. The van der Waals surface area contributed by atoms with Crippen LogP contribution in [0, 0.1) is 23.7 Å². The Morgan fingerprint density at radius 2 is 1.69 bits per heavy atom. The molecule has 0 bridgehead atoms. The maximum absolute atomic E-state index is 3.22. The minimum Gasteiger partial charge on any atom is -0.295 e. The second kappa shape index (κ2) is 9.73. The molecule has 0 atom stereocenters. The summed E-state index contributed by atoms with van der Waals surface area (Å²) in [6.07, 6.45) is 5.42. The van der Waals surface area contributed by atoms with Gasteiger partial charge in [-0.3, -0.25) is 4.90 Å². The average Bonchev–Trinajstić information content (AvgIpc) is 2.16. The minimum atomic E-state index is 0.499. The van der Waals surface area contributed by atoms with Crippen LogP contribution in [0.5, 0.6) is 0 Å². The van der Waals surface area contributed by atoms with E-state index in [1.807, 2.05) is 0 Å². The van der Waals surface area contributed by atoms with Crippen molar-refractivity contribution in [3.8, 4) is 11.8 Å². The molecule has 16 heavy (non-hydrogen) atoms. The van der Waals surface area contributed by atoms with E-state index >= 15 is 0 Å². The summed E-state index contributed by atoms with van der Waals surface area (Å²) in [6.45, 7) is 11.0. The van der Waals surface area contributed by atoms with E-state index in [-0.39, 0.29) is 0 Å². The zero-order chi connectivity index (χ0) is 12.4. The molecular formula is C15H29N. The van der Waals surface area contributed by atoms with E-state index in [0.717, 1.165) is 12.5 Å². The van der Waals surface area contributed by atoms with Crippen LogP contribution in [0.15, 0.2) is 0 Å². The van der Waals surface area contributed by atoms with Crippen LogP contribution in [0.2, 0.25) is 0 Å². The van der Waals surface area contributed by atoms with Crippen LogP contribution < -0.4 is 0 Å². The van der Waals surface area contributed by atoms with Crippen LogP contribution in [0.25, 0.3) is 0 Å². The van der Waals surface area contributed by atoms with Crippen molar-refractivity contribution >= 4 is 0 Å². The zero-order valence-electron chi connectivity index (χ0n) is 11.8. The van der Waals surface area contributed by atoms with Gasteiger partial charge in [-0.2, -0.15) is 0 Å². The van der Waals surface area contributed by atoms with E-state index in [9.17, 15) is 0 Å². The third kappa shape index (κ3) is 11.6. The summed E-state index contributed by atoms with van der Waals surface area (Å²) in [5, 5.41) is 0. The van der Waals surface area contributed by atoms with Gasteiger partial charge >= 0.3 is 0 Å². The molecule has 0 spiro atoms. The molecule has 0 aliphatic carbocycles. The lowest BCUT2D eigenvalue weighted by molar-refractivity contribution is 0.358. The maximum Gasteiger partial charge on any atom is 0.0599 e. The van der Waals surface area contributed by atoms with Gasteiger partial charge in [0.1, 0.15) is 0 Å². The van der Waals surface area contributed by atoms with Gasteiger partial charge in [-0.15, -0.1) is 0 Å². The molecule has 0 aromatic rings. The van der Waals surface area contributed by atoms with Crippen LogP contribution in [0.4, 0.5) is 0 Å². The first-order chi connectivity index (χ1) is 7.52. The fourth-order valence-electron chi connectivity index (χ4n) is 1.57. The Morgan fingerprint density at radius 1 is 1.00 bits per heavy atom. The Kier molecular flexibility index (Phi) is 9.43. The molecule has 0 aliphatic rings. The quantitative estimate of drug-likeness (QED) is 0.469. The van der Waals surface area contributed by atoms with E-state index in [0.29, 0.717) is 5.92 Å². The SMILES string of the molecule is CC(C)C#CCN(C)CCCCCC(C)C. The van der Waals surface area contributed by atoms with Crippen molar-refractivity contribution in [1.29, 1.82) is 0 Å². The molecule has 0 unspecified atom stereocenters. The lowest BCUT2D eigenvalue weighted by Crippen LogP contribution is -2.19. The summed E-state index contributed by atoms with van der Waals surface area (Å²) in [7, 11) is 2.16. The Bertz CT molecular complexity index is 207. The molecule has 94 valence electrons. The van der Waals surface area contributed by atoms with Gasteiger partial charge in [0.05, 0.1) is 6.54 Å². The molecule has 0 radical (unpaired) electrons. The van der Waals surface area contributed by atoms with E-state index in [1.165, 1.54) is 32.2 Å². The number of nitrogens with zero attached hydrogens (tertiary/aromatic N) is 1. The molecule has 0 heterocycles. The van der Waals surface area contributed by atoms with Gasteiger partial charge in [0.2, 0.25) is 0 Å². The summed E-state index contributed by atoms with van der Waals surface area (Å²) in [5.74, 6) is 7.78. The number of hydrogen-bond acceptors (Lipinski definition) is 1. The third-order valence-corrected chi connectivity index (χ3v) is 2.56. The van der Waals surface area contributed by atoms with Crippen LogP contribution in [0.3, 0.4) is 0 Å². The van der Waals surface area contributed by atoms with Gasteiger partial charge in [0.25, 0.3) is 0 Å².